The largest absolute Gasteiger partial charge is 0.351 e. The maximum absolute atomic E-state index is 12.4. The van der Waals surface area contributed by atoms with Crippen LogP contribution in [0.3, 0.4) is 0 Å². The van der Waals surface area contributed by atoms with E-state index in [1.165, 1.54) is 4.90 Å². The number of nitrogens with zero attached hydrogens (tertiary/aromatic N) is 3. The van der Waals surface area contributed by atoms with Gasteiger partial charge in [0.2, 0.25) is 0 Å². The molecule has 0 aliphatic rings. The van der Waals surface area contributed by atoms with Gasteiger partial charge in [-0.3, -0.25) is 4.90 Å². The summed E-state index contributed by atoms with van der Waals surface area (Å²) in [5.74, 6) is 0.529. The maximum atomic E-state index is 12.4. The Morgan fingerprint density at radius 1 is 0.862 bits per heavy atom. The summed E-state index contributed by atoms with van der Waals surface area (Å²) in [6.07, 6.45) is 1.60. The zero-order chi connectivity index (χ0) is 20.2. The van der Waals surface area contributed by atoms with Crippen LogP contribution in [0.25, 0.3) is 22.6 Å². The molecule has 0 aliphatic heterocycles. The Bertz CT molecular complexity index is 1150. The van der Waals surface area contributed by atoms with Crippen LogP contribution in [0.2, 0.25) is 5.02 Å². The molecule has 0 saturated carbocycles. The molecule has 29 heavy (non-hydrogen) atoms. The van der Waals surface area contributed by atoms with Crippen molar-refractivity contribution in [2.24, 2.45) is 5.73 Å². The SMILES string of the molecule is NC(=O)N(c1ccccc1)c1cnc(-c2ccccc2)nc1-c1ccccc1Cl. The lowest BCUT2D eigenvalue weighted by Crippen LogP contribution is -2.32. The molecule has 0 unspecified atom stereocenters. The molecule has 3 aromatic carbocycles. The average molecular weight is 401 g/mol. The first-order chi connectivity index (χ1) is 14.1. The second-order valence-corrected chi connectivity index (χ2v) is 6.69. The molecule has 6 heteroatoms. The summed E-state index contributed by atoms with van der Waals surface area (Å²) in [5, 5.41) is 0.518. The maximum Gasteiger partial charge on any atom is 0.324 e. The zero-order valence-electron chi connectivity index (χ0n) is 15.4. The number of amides is 2. The molecule has 0 bridgehead atoms. The fourth-order valence-electron chi connectivity index (χ4n) is 3.08. The van der Waals surface area contributed by atoms with E-state index in [1.807, 2.05) is 66.7 Å². The van der Waals surface area contributed by atoms with E-state index < -0.39 is 6.03 Å². The van der Waals surface area contributed by atoms with Crippen LogP contribution in [-0.2, 0) is 0 Å². The van der Waals surface area contributed by atoms with Crippen LogP contribution < -0.4 is 10.6 Å². The normalized spacial score (nSPS) is 10.5. The molecule has 0 atom stereocenters. The first kappa shape index (κ1) is 18.7. The highest BCUT2D eigenvalue weighted by Gasteiger charge is 2.22. The number of aromatic nitrogens is 2. The fraction of sp³-hybridized carbons (Fsp3) is 0. The topological polar surface area (TPSA) is 72.1 Å². The van der Waals surface area contributed by atoms with Gasteiger partial charge in [0, 0.05) is 11.1 Å². The number of carbonyl (C=O) groups excluding carboxylic acids is 1. The number of para-hydroxylation sites is 1. The summed E-state index contributed by atoms with van der Waals surface area (Å²) in [4.78, 5) is 23.0. The van der Waals surface area contributed by atoms with Crippen LogP contribution in [0.1, 0.15) is 0 Å². The molecule has 4 rings (SSSR count). The number of hydrogen-bond acceptors (Lipinski definition) is 3. The van der Waals surface area contributed by atoms with Gasteiger partial charge >= 0.3 is 6.03 Å². The quantitative estimate of drug-likeness (QED) is 0.479. The van der Waals surface area contributed by atoms with Gasteiger partial charge in [0.15, 0.2) is 5.82 Å². The molecule has 0 aliphatic carbocycles. The van der Waals surface area contributed by atoms with E-state index in [0.29, 0.717) is 33.5 Å². The summed E-state index contributed by atoms with van der Waals surface area (Å²) >= 11 is 6.46. The second-order valence-electron chi connectivity index (χ2n) is 6.28. The minimum atomic E-state index is -0.638. The highest BCUT2D eigenvalue weighted by molar-refractivity contribution is 6.33. The molecule has 4 aromatic rings. The predicted molar refractivity (Wildman–Crippen MR) is 116 cm³/mol. The van der Waals surface area contributed by atoms with Crippen LogP contribution in [0, 0.1) is 0 Å². The van der Waals surface area contributed by atoms with Crippen molar-refractivity contribution in [3.63, 3.8) is 0 Å². The number of hydrogen-bond donors (Lipinski definition) is 1. The van der Waals surface area contributed by atoms with Crippen LogP contribution >= 0.6 is 11.6 Å². The summed E-state index contributed by atoms with van der Waals surface area (Å²) in [6.45, 7) is 0. The van der Waals surface area contributed by atoms with Gasteiger partial charge < -0.3 is 5.73 Å². The summed E-state index contributed by atoms with van der Waals surface area (Å²) in [6, 6.07) is 25.4. The molecular formula is C23H17ClN4O. The van der Waals surface area contributed by atoms with Crippen LogP contribution in [0.5, 0.6) is 0 Å². The molecular weight excluding hydrogens is 384 g/mol. The molecule has 0 radical (unpaired) electrons. The number of nitrogens with two attached hydrogens (primary N) is 1. The Kier molecular flexibility index (Phi) is 5.22. The van der Waals surface area contributed by atoms with E-state index in [-0.39, 0.29) is 0 Å². The van der Waals surface area contributed by atoms with E-state index in [1.54, 1.807) is 24.4 Å². The Labute approximate surface area is 173 Å². The first-order valence-electron chi connectivity index (χ1n) is 8.97. The molecule has 1 aromatic heterocycles. The number of urea groups is 1. The number of anilines is 2. The van der Waals surface area contributed by atoms with Gasteiger partial charge in [-0.15, -0.1) is 0 Å². The number of carbonyl (C=O) groups is 1. The number of primary amides is 1. The van der Waals surface area contributed by atoms with Crippen LogP contribution in [-0.4, -0.2) is 16.0 Å². The van der Waals surface area contributed by atoms with E-state index in [0.717, 1.165) is 5.56 Å². The predicted octanol–water partition coefficient (Wildman–Crippen LogP) is 5.68. The van der Waals surface area contributed by atoms with E-state index >= 15 is 0 Å². The molecule has 0 saturated heterocycles. The second kappa shape index (κ2) is 8.12. The molecule has 142 valence electrons. The molecule has 2 amide bonds. The van der Waals surface area contributed by atoms with Crippen molar-refractivity contribution in [2.45, 2.75) is 0 Å². The van der Waals surface area contributed by atoms with Crippen molar-refractivity contribution in [2.75, 3.05) is 4.90 Å². The number of benzene rings is 3. The Morgan fingerprint density at radius 3 is 2.14 bits per heavy atom. The van der Waals surface area contributed by atoms with Crippen molar-refractivity contribution in [3.8, 4) is 22.6 Å². The lowest BCUT2D eigenvalue weighted by Gasteiger charge is -2.23. The standard InChI is InChI=1S/C23H17ClN4O/c24-19-14-8-7-13-18(19)21-20(28(23(25)29)17-11-5-2-6-12-17)15-26-22(27-21)16-9-3-1-4-10-16/h1-15H,(H2,25,29). The van der Waals surface area contributed by atoms with Gasteiger partial charge in [0.05, 0.1) is 22.6 Å². The molecule has 0 spiro atoms. The minimum Gasteiger partial charge on any atom is -0.351 e. The van der Waals surface area contributed by atoms with Gasteiger partial charge in [-0.25, -0.2) is 14.8 Å². The Balaban J connectivity index is 1.96. The first-order valence-corrected chi connectivity index (χ1v) is 9.35. The van der Waals surface area contributed by atoms with E-state index in [9.17, 15) is 4.79 Å². The monoisotopic (exact) mass is 400 g/mol. The van der Waals surface area contributed by atoms with Crippen molar-refractivity contribution >= 4 is 29.0 Å². The van der Waals surface area contributed by atoms with Crippen molar-refractivity contribution in [1.29, 1.82) is 0 Å². The molecule has 1 heterocycles. The zero-order valence-corrected chi connectivity index (χ0v) is 16.1. The summed E-state index contributed by atoms with van der Waals surface area (Å²) in [5.41, 5.74) is 8.87. The van der Waals surface area contributed by atoms with E-state index in [2.05, 4.69) is 4.98 Å². The number of halogens is 1. The average Bonchev–Trinajstić information content (AvgIpc) is 2.76. The van der Waals surface area contributed by atoms with Crippen LogP contribution in [0.15, 0.2) is 91.1 Å². The Morgan fingerprint density at radius 2 is 1.48 bits per heavy atom. The van der Waals surface area contributed by atoms with Gasteiger partial charge in [0.25, 0.3) is 0 Å². The summed E-state index contributed by atoms with van der Waals surface area (Å²) in [7, 11) is 0. The Hall–Kier alpha value is -3.70. The lowest BCUT2D eigenvalue weighted by molar-refractivity contribution is 0.256. The molecule has 5 nitrogen and oxygen atoms in total. The fourth-order valence-corrected chi connectivity index (χ4v) is 3.30. The third-order valence-corrected chi connectivity index (χ3v) is 4.74. The highest BCUT2D eigenvalue weighted by Crippen LogP contribution is 2.37. The third kappa shape index (κ3) is 3.81. The van der Waals surface area contributed by atoms with Crippen molar-refractivity contribution in [1.82, 2.24) is 9.97 Å². The van der Waals surface area contributed by atoms with Gasteiger partial charge in [-0.1, -0.05) is 78.3 Å². The van der Waals surface area contributed by atoms with E-state index in [4.69, 9.17) is 22.3 Å². The van der Waals surface area contributed by atoms with Gasteiger partial charge in [0.1, 0.15) is 5.69 Å². The third-order valence-electron chi connectivity index (χ3n) is 4.41. The van der Waals surface area contributed by atoms with Gasteiger partial charge in [-0.2, -0.15) is 0 Å². The van der Waals surface area contributed by atoms with Crippen molar-refractivity contribution in [3.05, 3.63) is 96.1 Å². The lowest BCUT2D eigenvalue weighted by atomic mass is 10.1. The molecule has 0 fully saturated rings. The number of rotatable bonds is 4. The minimum absolute atomic E-state index is 0.455. The summed E-state index contributed by atoms with van der Waals surface area (Å²) < 4.78 is 0. The molecule has 2 N–H and O–H groups in total. The smallest absolute Gasteiger partial charge is 0.324 e. The van der Waals surface area contributed by atoms with Crippen LogP contribution in [0.4, 0.5) is 16.2 Å². The van der Waals surface area contributed by atoms with Crippen molar-refractivity contribution < 1.29 is 4.79 Å². The highest BCUT2D eigenvalue weighted by atomic mass is 35.5. The van der Waals surface area contributed by atoms with Gasteiger partial charge in [-0.05, 0) is 18.2 Å².